The van der Waals surface area contributed by atoms with Crippen LogP contribution in [-0.2, 0) is 0 Å². The van der Waals surface area contributed by atoms with Crippen molar-refractivity contribution in [1.29, 1.82) is 0 Å². The van der Waals surface area contributed by atoms with E-state index in [9.17, 15) is 0 Å². The maximum atomic E-state index is 4.26. The first-order valence-electron chi connectivity index (χ1n) is 7.67. The molecular formula is C15H25N5. The molecule has 5 nitrogen and oxygen atoms in total. The van der Waals surface area contributed by atoms with Crippen LogP contribution in [0.1, 0.15) is 19.5 Å². The Kier molecular flexibility index (Phi) is 3.89. The average molecular weight is 275 g/mol. The summed E-state index contributed by atoms with van der Waals surface area (Å²) in [5.74, 6) is 1.02. The fraction of sp³-hybridized carbons (Fsp3) is 0.733. The standard InChI is InChI=1S/C15H25N5/c1-12(2)18-6-8-19(9-7-18)14-10-20(11-14)15-5-4-13(3)16-17-15/h4-5,12,14H,6-11H2,1-3H3. The van der Waals surface area contributed by atoms with Gasteiger partial charge >= 0.3 is 0 Å². The van der Waals surface area contributed by atoms with Gasteiger partial charge in [-0.1, -0.05) is 0 Å². The normalized spacial score (nSPS) is 22.3. The number of nitrogens with zero attached hydrogens (tertiary/aromatic N) is 5. The highest BCUT2D eigenvalue weighted by Gasteiger charge is 2.34. The van der Waals surface area contributed by atoms with Gasteiger partial charge in [-0.15, -0.1) is 5.10 Å². The fourth-order valence-corrected chi connectivity index (χ4v) is 3.05. The van der Waals surface area contributed by atoms with E-state index in [1.54, 1.807) is 0 Å². The van der Waals surface area contributed by atoms with E-state index in [4.69, 9.17) is 0 Å². The topological polar surface area (TPSA) is 35.5 Å². The first-order chi connectivity index (χ1) is 9.63. The highest BCUT2D eigenvalue weighted by Crippen LogP contribution is 2.22. The molecule has 0 aromatic carbocycles. The number of anilines is 1. The van der Waals surface area contributed by atoms with Crippen molar-refractivity contribution in [2.75, 3.05) is 44.2 Å². The molecule has 0 aliphatic carbocycles. The van der Waals surface area contributed by atoms with Crippen LogP contribution in [-0.4, -0.2) is 71.3 Å². The van der Waals surface area contributed by atoms with Gasteiger partial charge in [-0.3, -0.25) is 9.80 Å². The molecule has 3 rings (SSSR count). The van der Waals surface area contributed by atoms with E-state index in [0.29, 0.717) is 12.1 Å². The van der Waals surface area contributed by atoms with E-state index >= 15 is 0 Å². The Hall–Kier alpha value is -1.20. The van der Waals surface area contributed by atoms with Gasteiger partial charge in [-0.05, 0) is 32.9 Å². The number of rotatable bonds is 3. The lowest BCUT2D eigenvalue weighted by molar-refractivity contribution is 0.0676. The second kappa shape index (κ2) is 5.66. The Morgan fingerprint density at radius 1 is 1.05 bits per heavy atom. The lowest BCUT2D eigenvalue weighted by Gasteiger charge is -2.49. The second-order valence-electron chi connectivity index (χ2n) is 6.26. The summed E-state index contributed by atoms with van der Waals surface area (Å²) in [6.07, 6.45) is 0. The Morgan fingerprint density at radius 3 is 2.30 bits per heavy atom. The summed E-state index contributed by atoms with van der Waals surface area (Å²) in [7, 11) is 0. The van der Waals surface area contributed by atoms with Crippen molar-refractivity contribution < 1.29 is 0 Å². The summed E-state index contributed by atoms with van der Waals surface area (Å²) >= 11 is 0. The predicted octanol–water partition coefficient (Wildman–Crippen LogP) is 1.000. The third-order valence-electron chi connectivity index (χ3n) is 4.57. The molecule has 110 valence electrons. The molecule has 0 spiro atoms. The summed E-state index contributed by atoms with van der Waals surface area (Å²) in [5, 5.41) is 8.40. The van der Waals surface area contributed by atoms with Gasteiger partial charge in [0, 0.05) is 51.4 Å². The van der Waals surface area contributed by atoms with Crippen LogP contribution in [0.3, 0.4) is 0 Å². The summed E-state index contributed by atoms with van der Waals surface area (Å²) < 4.78 is 0. The summed E-state index contributed by atoms with van der Waals surface area (Å²) in [6.45, 7) is 13.6. The van der Waals surface area contributed by atoms with E-state index in [1.165, 1.54) is 26.2 Å². The molecule has 20 heavy (non-hydrogen) atoms. The number of aromatic nitrogens is 2. The summed E-state index contributed by atoms with van der Waals surface area (Å²) in [6, 6.07) is 5.50. The van der Waals surface area contributed by atoms with Gasteiger partial charge in [-0.2, -0.15) is 5.10 Å². The predicted molar refractivity (Wildman–Crippen MR) is 81.1 cm³/mol. The molecule has 0 saturated carbocycles. The van der Waals surface area contributed by atoms with Crippen molar-refractivity contribution >= 4 is 5.82 Å². The molecule has 3 heterocycles. The molecule has 0 bridgehead atoms. The Bertz CT molecular complexity index is 430. The molecule has 0 atom stereocenters. The smallest absolute Gasteiger partial charge is 0.151 e. The first kappa shape index (κ1) is 13.8. The van der Waals surface area contributed by atoms with Crippen molar-refractivity contribution in [1.82, 2.24) is 20.0 Å². The van der Waals surface area contributed by atoms with Gasteiger partial charge in [0.15, 0.2) is 5.82 Å². The van der Waals surface area contributed by atoms with E-state index in [0.717, 1.165) is 24.6 Å². The van der Waals surface area contributed by atoms with Crippen LogP contribution in [0, 0.1) is 6.92 Å². The van der Waals surface area contributed by atoms with E-state index in [1.807, 2.05) is 13.0 Å². The second-order valence-corrected chi connectivity index (χ2v) is 6.26. The Balaban J connectivity index is 1.48. The van der Waals surface area contributed by atoms with Gasteiger partial charge in [0.25, 0.3) is 0 Å². The SMILES string of the molecule is Cc1ccc(N2CC(N3CCN(C(C)C)CC3)C2)nn1. The van der Waals surface area contributed by atoms with Crippen molar-refractivity contribution in [3.63, 3.8) is 0 Å². The molecule has 0 amide bonds. The summed E-state index contributed by atoms with van der Waals surface area (Å²) in [4.78, 5) is 7.53. The Labute approximate surface area is 121 Å². The number of hydrogen-bond acceptors (Lipinski definition) is 5. The van der Waals surface area contributed by atoms with Crippen molar-refractivity contribution in [2.24, 2.45) is 0 Å². The third kappa shape index (κ3) is 2.79. The molecule has 1 aromatic heterocycles. The molecule has 0 radical (unpaired) electrons. The van der Waals surface area contributed by atoms with Gasteiger partial charge in [-0.25, -0.2) is 0 Å². The molecule has 5 heteroatoms. The van der Waals surface area contributed by atoms with E-state index in [-0.39, 0.29) is 0 Å². The van der Waals surface area contributed by atoms with Crippen molar-refractivity contribution in [2.45, 2.75) is 32.9 Å². The van der Waals surface area contributed by atoms with Crippen LogP contribution in [0.5, 0.6) is 0 Å². The first-order valence-corrected chi connectivity index (χ1v) is 7.67. The van der Waals surface area contributed by atoms with E-state index < -0.39 is 0 Å². The Morgan fingerprint density at radius 2 is 1.75 bits per heavy atom. The molecule has 1 aromatic rings. The minimum absolute atomic E-state index is 0.679. The van der Waals surface area contributed by atoms with Gasteiger partial charge in [0.2, 0.25) is 0 Å². The summed E-state index contributed by atoms with van der Waals surface area (Å²) in [5.41, 5.74) is 0.982. The maximum Gasteiger partial charge on any atom is 0.151 e. The van der Waals surface area contributed by atoms with Crippen LogP contribution in [0.2, 0.25) is 0 Å². The van der Waals surface area contributed by atoms with Crippen LogP contribution in [0.15, 0.2) is 12.1 Å². The van der Waals surface area contributed by atoms with Gasteiger partial charge in [0.1, 0.15) is 0 Å². The highest BCUT2D eigenvalue weighted by atomic mass is 15.4. The number of hydrogen-bond donors (Lipinski definition) is 0. The molecule has 2 saturated heterocycles. The zero-order valence-corrected chi connectivity index (χ0v) is 12.8. The van der Waals surface area contributed by atoms with Gasteiger partial charge in [0.05, 0.1) is 5.69 Å². The lowest BCUT2D eigenvalue weighted by atomic mass is 10.1. The minimum Gasteiger partial charge on any atom is -0.352 e. The molecule has 2 aliphatic heterocycles. The molecule has 0 N–H and O–H groups in total. The van der Waals surface area contributed by atoms with Crippen molar-refractivity contribution in [3.05, 3.63) is 17.8 Å². The number of piperazine rings is 1. The third-order valence-corrected chi connectivity index (χ3v) is 4.57. The largest absolute Gasteiger partial charge is 0.352 e. The van der Waals surface area contributed by atoms with Gasteiger partial charge < -0.3 is 4.90 Å². The van der Waals surface area contributed by atoms with Crippen molar-refractivity contribution in [3.8, 4) is 0 Å². The fourth-order valence-electron chi connectivity index (χ4n) is 3.05. The van der Waals surface area contributed by atoms with E-state index in [2.05, 4.69) is 44.8 Å². The molecular weight excluding hydrogens is 250 g/mol. The zero-order valence-electron chi connectivity index (χ0n) is 12.8. The number of aryl methyl sites for hydroxylation is 1. The quantitative estimate of drug-likeness (QED) is 0.822. The maximum absolute atomic E-state index is 4.26. The molecule has 2 fully saturated rings. The highest BCUT2D eigenvalue weighted by molar-refractivity contribution is 5.41. The lowest BCUT2D eigenvalue weighted by Crippen LogP contribution is -2.63. The molecule has 0 unspecified atom stereocenters. The van der Waals surface area contributed by atoms with Crippen LogP contribution in [0.4, 0.5) is 5.82 Å². The minimum atomic E-state index is 0.679. The van der Waals surface area contributed by atoms with Crippen LogP contribution < -0.4 is 4.90 Å². The van der Waals surface area contributed by atoms with Crippen LogP contribution >= 0.6 is 0 Å². The zero-order chi connectivity index (χ0) is 14.1. The average Bonchev–Trinajstić information content (AvgIpc) is 2.40. The monoisotopic (exact) mass is 275 g/mol. The molecule has 2 aliphatic rings. The van der Waals surface area contributed by atoms with Crippen LogP contribution in [0.25, 0.3) is 0 Å².